The van der Waals surface area contributed by atoms with E-state index in [9.17, 15) is 0 Å². The van der Waals surface area contributed by atoms with Crippen molar-refractivity contribution < 1.29 is 0 Å². The molecule has 0 saturated carbocycles. The molecule has 7 heavy (non-hydrogen) atoms. The number of rotatable bonds is 1. The molecule has 0 aliphatic carbocycles. The van der Waals surface area contributed by atoms with Crippen LogP contribution in [0.4, 0.5) is 0 Å². The Bertz CT molecular complexity index is 76.2. The molecule has 1 nitrogen and oxygen atoms in total. The van der Waals surface area contributed by atoms with Crippen LogP contribution in [-0.2, 0) is 0 Å². The Hall–Kier alpha value is -0.0400. The molecule has 1 heterocycles. The molecule has 0 N–H and O–H groups in total. The van der Waals surface area contributed by atoms with Crippen molar-refractivity contribution in [3.8, 4) is 0 Å². The van der Waals surface area contributed by atoms with Gasteiger partial charge in [-0.2, -0.15) is 0 Å². The van der Waals surface area contributed by atoms with Crippen LogP contribution in [0.1, 0.15) is 13.8 Å². The Kier molecular flexibility index (Phi) is 0.890. The second-order valence-electron chi connectivity index (χ2n) is 2.73. The summed E-state index contributed by atoms with van der Waals surface area (Å²) in [5.41, 5.74) is 0.488. The van der Waals surface area contributed by atoms with Crippen LogP contribution in [0.2, 0.25) is 0 Å². The zero-order valence-corrected chi connectivity index (χ0v) is 5.07. The Labute approximate surface area is 45.3 Å². The van der Waals surface area contributed by atoms with Gasteiger partial charge in [0, 0.05) is 12.1 Å². The quantitative estimate of drug-likeness (QED) is 0.441. The molecular weight excluding hydrogens is 86.1 g/mol. The molecule has 1 rings (SSSR count). The summed E-state index contributed by atoms with van der Waals surface area (Å²) < 4.78 is 0. The zero-order chi connectivity index (χ0) is 5.49. The van der Waals surface area contributed by atoms with E-state index in [1.165, 1.54) is 6.54 Å². The first-order valence-corrected chi connectivity index (χ1v) is 2.71. The molecule has 1 aliphatic rings. The van der Waals surface area contributed by atoms with Crippen LogP contribution in [0.25, 0.3) is 0 Å². The van der Waals surface area contributed by atoms with Crippen molar-refractivity contribution in [1.82, 2.24) is 4.90 Å². The SMILES string of the molecule is [CH2]CN1CC1(C)C. The molecule has 41 valence electrons. The largest absolute Gasteiger partial charge is 0.295 e. The molecule has 0 aromatic heterocycles. The van der Waals surface area contributed by atoms with Gasteiger partial charge < -0.3 is 0 Å². The highest BCUT2D eigenvalue weighted by molar-refractivity contribution is 4.99. The third-order valence-electron chi connectivity index (χ3n) is 1.60. The summed E-state index contributed by atoms with van der Waals surface area (Å²) in [6.07, 6.45) is 0. The minimum Gasteiger partial charge on any atom is -0.295 e. The van der Waals surface area contributed by atoms with Crippen LogP contribution in [0.3, 0.4) is 0 Å². The highest BCUT2D eigenvalue weighted by Gasteiger charge is 2.40. The van der Waals surface area contributed by atoms with Crippen LogP contribution in [0.5, 0.6) is 0 Å². The van der Waals surface area contributed by atoms with Crippen LogP contribution >= 0.6 is 0 Å². The van der Waals surface area contributed by atoms with Gasteiger partial charge in [-0.25, -0.2) is 0 Å². The third kappa shape index (κ3) is 0.778. The van der Waals surface area contributed by atoms with Crippen LogP contribution in [0.15, 0.2) is 0 Å². The van der Waals surface area contributed by atoms with Crippen molar-refractivity contribution in [2.75, 3.05) is 13.1 Å². The molecule has 1 fully saturated rings. The maximum Gasteiger partial charge on any atom is 0.0281 e. The van der Waals surface area contributed by atoms with Gasteiger partial charge >= 0.3 is 0 Å². The Morgan fingerprint density at radius 3 is 2.14 bits per heavy atom. The average Bonchev–Trinajstić information content (AvgIpc) is 2.13. The van der Waals surface area contributed by atoms with Gasteiger partial charge in [0.15, 0.2) is 0 Å². The van der Waals surface area contributed by atoms with E-state index in [4.69, 9.17) is 0 Å². The fourth-order valence-electron chi connectivity index (χ4n) is 0.813. The predicted octanol–water partition coefficient (Wildman–Crippen LogP) is 0.915. The first-order chi connectivity index (χ1) is 3.17. The van der Waals surface area contributed by atoms with Gasteiger partial charge in [0.1, 0.15) is 0 Å². The lowest BCUT2D eigenvalue weighted by Crippen LogP contribution is -2.07. The van der Waals surface area contributed by atoms with Crippen molar-refractivity contribution in [3.63, 3.8) is 0 Å². The van der Waals surface area contributed by atoms with E-state index < -0.39 is 0 Å². The highest BCUT2D eigenvalue weighted by Crippen LogP contribution is 2.29. The molecule has 1 atom stereocenters. The van der Waals surface area contributed by atoms with E-state index >= 15 is 0 Å². The molecule has 1 aliphatic heterocycles. The average molecular weight is 98.2 g/mol. The Balaban J connectivity index is 2.30. The molecule has 0 aromatic carbocycles. The summed E-state index contributed by atoms with van der Waals surface area (Å²) in [7, 11) is 0. The molecular formula is C6H12N. The smallest absolute Gasteiger partial charge is 0.0281 e. The van der Waals surface area contributed by atoms with E-state index in [1.54, 1.807) is 0 Å². The second-order valence-corrected chi connectivity index (χ2v) is 2.73. The lowest BCUT2D eigenvalue weighted by molar-refractivity contribution is 0.488. The molecule has 1 heteroatoms. The van der Waals surface area contributed by atoms with Crippen LogP contribution in [0, 0.1) is 6.92 Å². The van der Waals surface area contributed by atoms with Crippen LogP contribution < -0.4 is 0 Å². The van der Waals surface area contributed by atoms with E-state index in [-0.39, 0.29) is 0 Å². The van der Waals surface area contributed by atoms with Gasteiger partial charge in [-0.1, -0.05) is 0 Å². The lowest BCUT2D eigenvalue weighted by atomic mass is 10.2. The van der Waals surface area contributed by atoms with Gasteiger partial charge in [0.2, 0.25) is 0 Å². The number of hydrogen-bond donors (Lipinski definition) is 0. The summed E-state index contributed by atoms with van der Waals surface area (Å²) in [6.45, 7) is 10.4. The molecule has 1 radical (unpaired) electrons. The maximum atomic E-state index is 3.77. The minimum absolute atomic E-state index is 0.488. The zero-order valence-electron chi connectivity index (χ0n) is 5.07. The number of hydrogen-bond acceptors (Lipinski definition) is 1. The van der Waals surface area contributed by atoms with E-state index in [0.29, 0.717) is 5.54 Å². The van der Waals surface area contributed by atoms with E-state index in [1.807, 2.05) is 0 Å². The minimum atomic E-state index is 0.488. The second kappa shape index (κ2) is 1.22. The van der Waals surface area contributed by atoms with Gasteiger partial charge in [-0.05, 0) is 27.3 Å². The Morgan fingerprint density at radius 1 is 1.71 bits per heavy atom. The lowest BCUT2D eigenvalue weighted by Gasteiger charge is -1.99. The maximum absolute atomic E-state index is 3.77. The molecule has 1 saturated heterocycles. The predicted molar refractivity (Wildman–Crippen MR) is 31.0 cm³/mol. The monoisotopic (exact) mass is 98.1 g/mol. The highest BCUT2D eigenvalue weighted by atomic mass is 15.3. The van der Waals surface area contributed by atoms with Crippen LogP contribution in [-0.4, -0.2) is 23.5 Å². The fraction of sp³-hybridized carbons (Fsp3) is 0.833. The first-order valence-electron chi connectivity index (χ1n) is 2.71. The topological polar surface area (TPSA) is 3.01 Å². The number of nitrogens with zero attached hydrogens (tertiary/aromatic N) is 1. The Morgan fingerprint density at radius 2 is 2.14 bits per heavy atom. The molecule has 0 aromatic rings. The fourth-order valence-corrected chi connectivity index (χ4v) is 0.813. The molecule has 1 unspecified atom stereocenters. The standard InChI is InChI=1S/C6H12N/c1-4-7-5-6(7,2)3/h1,4-5H2,2-3H3. The van der Waals surface area contributed by atoms with Gasteiger partial charge in [-0.15, -0.1) is 0 Å². The van der Waals surface area contributed by atoms with Gasteiger partial charge in [0.05, 0.1) is 0 Å². The van der Waals surface area contributed by atoms with Gasteiger partial charge in [0.25, 0.3) is 0 Å². The van der Waals surface area contributed by atoms with E-state index in [0.717, 1.165) is 6.54 Å². The summed E-state index contributed by atoms with van der Waals surface area (Å²) in [6, 6.07) is 0. The third-order valence-corrected chi connectivity index (χ3v) is 1.60. The van der Waals surface area contributed by atoms with Crippen molar-refractivity contribution in [2.45, 2.75) is 19.4 Å². The van der Waals surface area contributed by atoms with Crippen molar-refractivity contribution >= 4 is 0 Å². The van der Waals surface area contributed by atoms with Gasteiger partial charge in [-0.3, -0.25) is 4.90 Å². The summed E-state index contributed by atoms with van der Waals surface area (Å²) in [4.78, 5) is 2.33. The van der Waals surface area contributed by atoms with Crippen molar-refractivity contribution in [1.29, 1.82) is 0 Å². The molecule has 0 amide bonds. The van der Waals surface area contributed by atoms with Crippen molar-refractivity contribution in [2.24, 2.45) is 0 Å². The molecule has 0 bridgehead atoms. The molecule has 0 spiro atoms. The summed E-state index contributed by atoms with van der Waals surface area (Å²) >= 11 is 0. The first kappa shape index (κ1) is 5.10. The van der Waals surface area contributed by atoms with E-state index in [2.05, 4.69) is 25.7 Å². The van der Waals surface area contributed by atoms with Crippen molar-refractivity contribution in [3.05, 3.63) is 6.92 Å². The normalized spacial score (nSPS) is 35.6. The summed E-state index contributed by atoms with van der Waals surface area (Å²) in [5, 5.41) is 0. The summed E-state index contributed by atoms with van der Waals surface area (Å²) in [5.74, 6) is 0.